The van der Waals surface area contributed by atoms with Gasteiger partial charge in [0, 0.05) is 5.33 Å². The number of allylic oxidation sites excluding steroid dienone is 1. The highest BCUT2D eigenvalue weighted by atomic mass is 79.9. The number of fused-ring (bicyclic) bond motifs is 5. The van der Waals surface area contributed by atoms with Crippen molar-refractivity contribution < 1.29 is 10.2 Å². The van der Waals surface area contributed by atoms with Crippen LogP contribution in [0.3, 0.4) is 0 Å². The lowest BCUT2D eigenvalue weighted by molar-refractivity contribution is -0.0839. The predicted molar refractivity (Wildman–Crippen MR) is 96.4 cm³/mol. The second-order valence-electron chi connectivity index (χ2n) is 9.25. The summed E-state index contributed by atoms with van der Waals surface area (Å²) in [4.78, 5) is 0. The van der Waals surface area contributed by atoms with Crippen LogP contribution in [-0.4, -0.2) is 27.8 Å². The first-order valence-corrected chi connectivity index (χ1v) is 10.7. The molecule has 0 bridgehead atoms. The van der Waals surface area contributed by atoms with Gasteiger partial charge in [0.1, 0.15) is 0 Å². The summed E-state index contributed by atoms with van der Waals surface area (Å²) in [5.41, 5.74) is 1.96. The zero-order chi connectivity index (χ0) is 16.4. The van der Waals surface area contributed by atoms with Gasteiger partial charge in [0.05, 0.1) is 12.2 Å². The van der Waals surface area contributed by atoms with Crippen molar-refractivity contribution in [3.8, 4) is 0 Å². The van der Waals surface area contributed by atoms with Gasteiger partial charge in [-0.1, -0.05) is 41.4 Å². The summed E-state index contributed by atoms with van der Waals surface area (Å²) in [6.45, 7) is 4.82. The van der Waals surface area contributed by atoms with Crippen molar-refractivity contribution in [2.45, 2.75) is 71.0 Å². The number of hydrogen-bond acceptors (Lipinski definition) is 2. The van der Waals surface area contributed by atoms with E-state index in [-0.39, 0.29) is 23.0 Å². The van der Waals surface area contributed by atoms with E-state index in [0.29, 0.717) is 17.8 Å². The van der Waals surface area contributed by atoms with Gasteiger partial charge >= 0.3 is 0 Å². The van der Waals surface area contributed by atoms with Crippen LogP contribution in [0.25, 0.3) is 0 Å². The van der Waals surface area contributed by atoms with Gasteiger partial charge in [-0.15, -0.1) is 0 Å². The molecule has 2 nitrogen and oxygen atoms in total. The Morgan fingerprint density at radius 2 is 1.87 bits per heavy atom. The Morgan fingerprint density at radius 1 is 1.09 bits per heavy atom. The molecule has 23 heavy (non-hydrogen) atoms. The summed E-state index contributed by atoms with van der Waals surface area (Å²) in [5.74, 6) is 2.68. The number of rotatable bonds is 1. The fourth-order valence-electron chi connectivity index (χ4n) is 6.92. The van der Waals surface area contributed by atoms with E-state index in [2.05, 4.69) is 35.9 Å². The molecule has 0 aliphatic heterocycles. The summed E-state index contributed by atoms with van der Waals surface area (Å²) in [6, 6.07) is 0. The Kier molecular flexibility index (Phi) is 4.02. The third kappa shape index (κ3) is 2.25. The van der Waals surface area contributed by atoms with Crippen LogP contribution in [0.1, 0.15) is 58.8 Å². The second-order valence-corrected chi connectivity index (χ2v) is 9.90. The van der Waals surface area contributed by atoms with Crippen molar-refractivity contribution in [3.63, 3.8) is 0 Å². The highest BCUT2D eigenvalue weighted by molar-refractivity contribution is 9.09. The van der Waals surface area contributed by atoms with Crippen molar-refractivity contribution in [1.82, 2.24) is 0 Å². The van der Waals surface area contributed by atoms with Crippen molar-refractivity contribution in [3.05, 3.63) is 11.6 Å². The molecule has 3 fully saturated rings. The van der Waals surface area contributed by atoms with Gasteiger partial charge in [0.25, 0.3) is 0 Å². The van der Waals surface area contributed by atoms with Crippen LogP contribution >= 0.6 is 15.9 Å². The maximum absolute atomic E-state index is 10.6. The smallest absolute Gasteiger partial charge is 0.0596 e. The van der Waals surface area contributed by atoms with E-state index in [0.717, 1.165) is 36.9 Å². The summed E-state index contributed by atoms with van der Waals surface area (Å²) >= 11 is 3.78. The van der Waals surface area contributed by atoms with E-state index in [1.807, 2.05) is 0 Å². The molecule has 2 N–H and O–H groups in total. The van der Waals surface area contributed by atoms with Crippen LogP contribution < -0.4 is 0 Å². The van der Waals surface area contributed by atoms with Crippen molar-refractivity contribution in [2.24, 2.45) is 34.5 Å². The van der Waals surface area contributed by atoms with Crippen molar-refractivity contribution >= 4 is 15.9 Å². The topological polar surface area (TPSA) is 40.5 Å². The fourth-order valence-corrected chi connectivity index (χ4v) is 7.54. The average Bonchev–Trinajstić information content (AvgIpc) is 2.83. The highest BCUT2D eigenvalue weighted by Crippen LogP contribution is 2.66. The summed E-state index contributed by atoms with van der Waals surface area (Å²) in [7, 11) is 0. The molecule has 3 heteroatoms. The summed E-state index contributed by atoms with van der Waals surface area (Å²) < 4.78 is 0. The molecule has 0 amide bonds. The molecule has 0 aromatic carbocycles. The standard InChI is InChI=1S/C20H31BrO2/c1-19-7-5-14(22)10-13(19)9-12(11-21)18-15-3-4-17(23)20(15,2)8-6-16(18)19/h9,12,14-18,22-23H,3-8,10-11H2,1-2H3/t12-,14+,15+,16+,17+,18+,19+,20+/m1/s1. The molecule has 130 valence electrons. The van der Waals surface area contributed by atoms with E-state index < -0.39 is 0 Å². The minimum atomic E-state index is -0.135. The minimum absolute atomic E-state index is 0.101. The first kappa shape index (κ1) is 16.6. The Bertz CT molecular complexity index is 518. The number of halogens is 1. The van der Waals surface area contributed by atoms with Crippen LogP contribution in [0.15, 0.2) is 11.6 Å². The zero-order valence-electron chi connectivity index (χ0n) is 14.5. The van der Waals surface area contributed by atoms with Crippen LogP contribution in [0.5, 0.6) is 0 Å². The van der Waals surface area contributed by atoms with Gasteiger partial charge in [0.2, 0.25) is 0 Å². The maximum Gasteiger partial charge on any atom is 0.0596 e. The minimum Gasteiger partial charge on any atom is -0.393 e. The van der Waals surface area contributed by atoms with Crippen LogP contribution in [0.4, 0.5) is 0 Å². The number of aliphatic hydroxyl groups is 2. The van der Waals surface area contributed by atoms with E-state index in [1.54, 1.807) is 0 Å². The quantitative estimate of drug-likeness (QED) is 0.524. The molecule has 8 atom stereocenters. The zero-order valence-corrected chi connectivity index (χ0v) is 16.1. The lowest BCUT2D eigenvalue weighted by Crippen LogP contribution is -2.54. The first-order chi connectivity index (χ1) is 10.9. The lowest BCUT2D eigenvalue weighted by Gasteiger charge is -2.59. The summed E-state index contributed by atoms with van der Waals surface area (Å²) in [6.07, 6.45) is 9.89. The van der Waals surface area contributed by atoms with Gasteiger partial charge in [-0.3, -0.25) is 0 Å². The molecule has 0 radical (unpaired) electrons. The first-order valence-electron chi connectivity index (χ1n) is 9.53. The molecule has 4 aliphatic rings. The molecule has 3 saturated carbocycles. The molecular formula is C20H31BrO2. The second kappa shape index (κ2) is 5.57. The normalized spacial score (nSPS) is 55.6. The Hall–Kier alpha value is 0.140. The molecular weight excluding hydrogens is 352 g/mol. The Labute approximate surface area is 148 Å². The molecule has 0 aromatic rings. The van der Waals surface area contributed by atoms with E-state index in [9.17, 15) is 10.2 Å². The molecule has 4 rings (SSSR count). The SMILES string of the molecule is C[C@]12CC[C@H]3[C@@H]([C@@H](CBr)C=C4C[C@@H](O)CC[C@@]43C)[C@@H]1CC[C@@H]2O. The van der Waals surface area contributed by atoms with Gasteiger partial charge in [-0.2, -0.15) is 0 Å². The van der Waals surface area contributed by atoms with E-state index in [4.69, 9.17) is 0 Å². The Balaban J connectivity index is 1.75. The van der Waals surface area contributed by atoms with Gasteiger partial charge in [-0.25, -0.2) is 0 Å². The molecule has 0 saturated heterocycles. The van der Waals surface area contributed by atoms with E-state index in [1.165, 1.54) is 24.8 Å². The third-order valence-electron chi connectivity index (χ3n) is 8.37. The van der Waals surface area contributed by atoms with Crippen molar-refractivity contribution in [2.75, 3.05) is 5.33 Å². The monoisotopic (exact) mass is 382 g/mol. The predicted octanol–water partition coefficient (Wildman–Crippen LogP) is 4.29. The largest absolute Gasteiger partial charge is 0.393 e. The summed E-state index contributed by atoms with van der Waals surface area (Å²) in [5, 5.41) is 21.8. The number of aliphatic hydroxyl groups excluding tert-OH is 2. The van der Waals surface area contributed by atoms with Gasteiger partial charge in [0.15, 0.2) is 0 Å². The van der Waals surface area contributed by atoms with Crippen molar-refractivity contribution in [1.29, 1.82) is 0 Å². The number of alkyl halides is 1. The number of hydrogen-bond donors (Lipinski definition) is 2. The van der Waals surface area contributed by atoms with Crippen LogP contribution in [0.2, 0.25) is 0 Å². The van der Waals surface area contributed by atoms with E-state index >= 15 is 0 Å². The van der Waals surface area contributed by atoms with Crippen LogP contribution in [0, 0.1) is 34.5 Å². The Morgan fingerprint density at radius 3 is 2.61 bits per heavy atom. The maximum atomic E-state index is 10.6. The lowest BCUT2D eigenvalue weighted by atomic mass is 9.46. The molecule has 0 aromatic heterocycles. The molecule has 0 spiro atoms. The highest BCUT2D eigenvalue weighted by Gasteiger charge is 2.60. The van der Waals surface area contributed by atoms with Crippen LogP contribution in [-0.2, 0) is 0 Å². The molecule has 4 aliphatic carbocycles. The average molecular weight is 383 g/mol. The third-order valence-corrected chi connectivity index (χ3v) is 9.12. The fraction of sp³-hybridized carbons (Fsp3) is 0.900. The molecule has 0 unspecified atom stereocenters. The van der Waals surface area contributed by atoms with Gasteiger partial charge in [-0.05, 0) is 79.4 Å². The molecule has 0 heterocycles. The van der Waals surface area contributed by atoms with Gasteiger partial charge < -0.3 is 10.2 Å².